The lowest BCUT2D eigenvalue weighted by Crippen LogP contribution is -2.40. The molecule has 1 aromatic carbocycles. The number of nitrogens with two attached hydrogens (primary N) is 1. The number of aliphatic carboxylic acids is 1. The van der Waals surface area contributed by atoms with Crippen LogP contribution >= 0.6 is 0 Å². The molecule has 0 aliphatic carbocycles. The summed E-state index contributed by atoms with van der Waals surface area (Å²) in [4.78, 5) is 49.0. The van der Waals surface area contributed by atoms with E-state index in [2.05, 4.69) is 0 Å². The van der Waals surface area contributed by atoms with Crippen LogP contribution in [-0.2, 0) is 23.9 Å². The fourth-order valence-electron chi connectivity index (χ4n) is 3.66. The quantitative estimate of drug-likeness (QED) is 0.229. The van der Waals surface area contributed by atoms with Gasteiger partial charge in [-0.2, -0.15) is 0 Å². The van der Waals surface area contributed by atoms with Crippen LogP contribution in [0.25, 0.3) is 0 Å². The van der Waals surface area contributed by atoms with Crippen molar-refractivity contribution >= 4 is 24.1 Å². The van der Waals surface area contributed by atoms with E-state index in [9.17, 15) is 24.3 Å². The molecule has 0 aliphatic heterocycles. The Hall–Kier alpha value is -3.14. The molecular formula is C28H43NO9. The van der Waals surface area contributed by atoms with Crippen molar-refractivity contribution in [3.05, 3.63) is 23.8 Å². The average Bonchev–Trinajstić information content (AvgIpc) is 2.87. The van der Waals surface area contributed by atoms with Crippen molar-refractivity contribution in [3.63, 3.8) is 0 Å². The van der Waals surface area contributed by atoms with Crippen molar-refractivity contribution < 1.29 is 43.2 Å². The third kappa shape index (κ3) is 9.96. The van der Waals surface area contributed by atoms with Crippen molar-refractivity contribution in [1.29, 1.82) is 0 Å². The van der Waals surface area contributed by atoms with Crippen molar-refractivity contribution in [3.8, 4) is 11.5 Å². The average molecular weight is 538 g/mol. The van der Waals surface area contributed by atoms with Crippen LogP contribution in [0.1, 0.15) is 85.6 Å². The molecule has 38 heavy (non-hydrogen) atoms. The van der Waals surface area contributed by atoms with Crippen LogP contribution in [0.2, 0.25) is 0 Å². The Bertz CT molecular complexity index is 948. The van der Waals surface area contributed by atoms with Crippen molar-refractivity contribution in [2.45, 2.75) is 92.2 Å². The normalized spacial score (nSPS) is 15.8. The van der Waals surface area contributed by atoms with Gasteiger partial charge in [0, 0.05) is 5.92 Å². The monoisotopic (exact) mass is 537 g/mol. The predicted molar refractivity (Wildman–Crippen MR) is 141 cm³/mol. The van der Waals surface area contributed by atoms with Crippen molar-refractivity contribution in [1.82, 2.24) is 0 Å². The maximum absolute atomic E-state index is 12.6. The number of hydrogen-bond acceptors (Lipinski definition) is 9. The third-order valence-electron chi connectivity index (χ3n) is 6.55. The maximum Gasteiger partial charge on any atom is 0.508 e. The van der Waals surface area contributed by atoms with E-state index < -0.39 is 47.9 Å². The Balaban J connectivity index is 3.33. The second-order valence-corrected chi connectivity index (χ2v) is 9.81. The summed E-state index contributed by atoms with van der Waals surface area (Å²) in [5.74, 6) is -4.44. The zero-order valence-corrected chi connectivity index (χ0v) is 23.5. The highest BCUT2D eigenvalue weighted by Gasteiger charge is 2.33. The van der Waals surface area contributed by atoms with Crippen LogP contribution in [0.4, 0.5) is 4.79 Å². The number of ether oxygens (including phenoxy) is 4. The van der Waals surface area contributed by atoms with Crippen LogP contribution in [0.15, 0.2) is 18.2 Å². The van der Waals surface area contributed by atoms with E-state index in [4.69, 9.17) is 24.7 Å². The van der Waals surface area contributed by atoms with E-state index in [0.717, 1.165) is 6.42 Å². The summed E-state index contributed by atoms with van der Waals surface area (Å²) in [5.41, 5.74) is 6.47. The van der Waals surface area contributed by atoms with E-state index >= 15 is 0 Å². The molecule has 0 bridgehead atoms. The summed E-state index contributed by atoms with van der Waals surface area (Å²) < 4.78 is 21.5. The van der Waals surface area contributed by atoms with Gasteiger partial charge in [-0.3, -0.25) is 14.4 Å². The molecule has 10 heteroatoms. The topological polar surface area (TPSA) is 151 Å². The van der Waals surface area contributed by atoms with Crippen LogP contribution in [0.5, 0.6) is 11.5 Å². The zero-order chi connectivity index (χ0) is 29.0. The summed E-state index contributed by atoms with van der Waals surface area (Å²) in [7, 11) is 0. The first-order valence-electron chi connectivity index (χ1n) is 13.2. The first-order valence-corrected chi connectivity index (χ1v) is 13.2. The fraction of sp³-hybridized carbons (Fsp3) is 0.643. The molecule has 0 aromatic heterocycles. The van der Waals surface area contributed by atoms with Crippen LogP contribution in [-0.4, -0.2) is 47.9 Å². The largest absolute Gasteiger partial charge is 0.508 e. The maximum atomic E-state index is 12.6. The molecule has 0 saturated heterocycles. The molecule has 10 nitrogen and oxygen atoms in total. The number of benzene rings is 1. The molecule has 1 rings (SSSR count). The number of carbonyl (C=O) groups is 4. The molecule has 214 valence electrons. The van der Waals surface area contributed by atoms with Gasteiger partial charge < -0.3 is 29.8 Å². The summed E-state index contributed by atoms with van der Waals surface area (Å²) in [6, 6.07) is 3.09. The number of carbonyl (C=O) groups excluding carboxylic acids is 3. The number of hydrogen-bond donors (Lipinski definition) is 2. The summed E-state index contributed by atoms with van der Waals surface area (Å²) in [6.07, 6.45) is 1.46. The highest BCUT2D eigenvalue weighted by atomic mass is 16.7. The number of rotatable bonds is 15. The van der Waals surface area contributed by atoms with Crippen molar-refractivity contribution in [2.24, 2.45) is 23.5 Å². The summed E-state index contributed by atoms with van der Waals surface area (Å²) >= 11 is 0. The minimum atomic E-state index is -1.37. The molecule has 6 atom stereocenters. The molecule has 0 amide bonds. The predicted octanol–water partition coefficient (Wildman–Crippen LogP) is 5.06. The minimum Gasteiger partial charge on any atom is -0.480 e. The van der Waals surface area contributed by atoms with E-state index in [1.54, 1.807) is 33.8 Å². The van der Waals surface area contributed by atoms with Crippen LogP contribution < -0.4 is 15.2 Å². The Morgan fingerprint density at radius 1 is 0.895 bits per heavy atom. The van der Waals surface area contributed by atoms with Gasteiger partial charge in [-0.05, 0) is 49.8 Å². The zero-order valence-electron chi connectivity index (χ0n) is 23.5. The Kier molecular flexibility index (Phi) is 13.8. The van der Waals surface area contributed by atoms with Gasteiger partial charge in [0.15, 0.2) is 11.5 Å². The molecule has 3 N–H and O–H groups in total. The van der Waals surface area contributed by atoms with Gasteiger partial charge in [0.25, 0.3) is 0 Å². The van der Waals surface area contributed by atoms with Crippen LogP contribution in [0.3, 0.4) is 0 Å². The lowest BCUT2D eigenvalue weighted by atomic mass is 9.82. The molecule has 0 heterocycles. The minimum absolute atomic E-state index is 0.0204. The second-order valence-electron chi connectivity index (χ2n) is 9.81. The van der Waals surface area contributed by atoms with Gasteiger partial charge in [0.1, 0.15) is 12.1 Å². The SMILES string of the molecule is CCCC(C)OC(=O)OCC(C)C(c1ccc(OC(=O)C(C)CC)c(OC(=O)C(C)CC)c1)[C@H](N)C(=O)O. The van der Waals surface area contributed by atoms with Gasteiger partial charge in [-0.1, -0.05) is 54.0 Å². The van der Waals surface area contributed by atoms with E-state index in [-0.39, 0.29) is 30.1 Å². The van der Waals surface area contributed by atoms with E-state index in [0.29, 0.717) is 24.8 Å². The van der Waals surface area contributed by atoms with E-state index in [1.807, 2.05) is 20.8 Å². The fourth-order valence-corrected chi connectivity index (χ4v) is 3.66. The Morgan fingerprint density at radius 3 is 1.95 bits per heavy atom. The molecule has 0 spiro atoms. The molecule has 0 fully saturated rings. The molecule has 0 saturated carbocycles. The number of esters is 2. The Morgan fingerprint density at radius 2 is 1.45 bits per heavy atom. The van der Waals surface area contributed by atoms with E-state index in [1.165, 1.54) is 12.1 Å². The lowest BCUT2D eigenvalue weighted by molar-refractivity contribution is -0.141. The molecule has 5 unspecified atom stereocenters. The number of carboxylic acid groups (broad SMARTS) is 1. The van der Waals surface area contributed by atoms with Gasteiger partial charge >= 0.3 is 24.1 Å². The second kappa shape index (κ2) is 16.0. The standard InChI is InChI=1S/C28H43NO9/c1-8-11-19(7)36-28(34)35-15-18(6)23(24(29)25(30)31)20-12-13-21(37-26(32)16(4)9-2)22(14-20)38-27(33)17(5)10-3/h12-14,16-19,23-24H,8-11,15,29H2,1-7H3,(H,30,31)/t16?,17?,18?,19?,23?,24-/m0/s1. The summed E-state index contributed by atoms with van der Waals surface area (Å²) in [6.45, 7) is 12.4. The van der Waals surface area contributed by atoms with Gasteiger partial charge in [-0.25, -0.2) is 4.79 Å². The number of carboxylic acids is 1. The Labute approximate surface area is 225 Å². The molecule has 1 aromatic rings. The third-order valence-corrected chi connectivity index (χ3v) is 6.55. The smallest absolute Gasteiger partial charge is 0.480 e. The van der Waals surface area contributed by atoms with Gasteiger partial charge in [0.2, 0.25) is 0 Å². The molecule has 0 radical (unpaired) electrons. The van der Waals surface area contributed by atoms with Gasteiger partial charge in [0.05, 0.1) is 18.4 Å². The van der Waals surface area contributed by atoms with Crippen molar-refractivity contribution in [2.75, 3.05) is 6.61 Å². The highest BCUT2D eigenvalue weighted by molar-refractivity contribution is 5.79. The molecule has 0 aliphatic rings. The molecular weight excluding hydrogens is 494 g/mol. The van der Waals surface area contributed by atoms with Crippen LogP contribution in [0, 0.1) is 17.8 Å². The van der Waals surface area contributed by atoms with Gasteiger partial charge in [-0.15, -0.1) is 0 Å². The first-order chi connectivity index (χ1) is 17.9. The highest BCUT2D eigenvalue weighted by Crippen LogP contribution is 2.36. The summed E-state index contributed by atoms with van der Waals surface area (Å²) in [5, 5.41) is 9.69. The first kappa shape index (κ1) is 32.9. The lowest BCUT2D eigenvalue weighted by Gasteiger charge is -2.28.